The molecule has 1 saturated heterocycles. The second kappa shape index (κ2) is 6.18. The minimum Gasteiger partial charge on any atom is -0.311 e. The summed E-state index contributed by atoms with van der Waals surface area (Å²) < 4.78 is 0.944. The van der Waals surface area contributed by atoms with Crippen molar-refractivity contribution in [1.82, 2.24) is 5.32 Å². The van der Waals surface area contributed by atoms with Crippen LogP contribution >= 0.6 is 15.9 Å². The Bertz CT molecular complexity index is 512. The molecule has 1 aliphatic rings. The zero-order valence-electron chi connectivity index (χ0n) is 10.8. The van der Waals surface area contributed by atoms with Crippen LogP contribution in [0.2, 0.25) is 0 Å². The molecule has 100 valence electrons. The molecule has 1 N–H and O–H groups in total. The smallest absolute Gasteiger partial charge is 0.245 e. The third-order valence-corrected chi connectivity index (χ3v) is 3.74. The van der Waals surface area contributed by atoms with Crippen LogP contribution in [0.15, 0.2) is 28.7 Å². The standard InChI is InChI=1S/C14H16BrN3O/c1-10-6-8-18(12-4-2-3-11(15)9-12)14(19)13(17-10)5-7-16/h2-4,9-10,13,17H,5-6,8H2,1H3. The highest BCUT2D eigenvalue weighted by Gasteiger charge is 2.29. The van der Waals surface area contributed by atoms with Gasteiger partial charge in [0.1, 0.15) is 6.04 Å². The maximum Gasteiger partial charge on any atom is 0.245 e. The summed E-state index contributed by atoms with van der Waals surface area (Å²) in [5.74, 6) is -0.0241. The van der Waals surface area contributed by atoms with Crippen molar-refractivity contribution in [2.24, 2.45) is 0 Å². The lowest BCUT2D eigenvalue weighted by Gasteiger charge is -2.23. The molecule has 2 atom stereocenters. The highest BCUT2D eigenvalue weighted by Crippen LogP contribution is 2.23. The molecule has 4 nitrogen and oxygen atoms in total. The van der Waals surface area contributed by atoms with E-state index in [1.54, 1.807) is 4.90 Å². The van der Waals surface area contributed by atoms with Crippen molar-refractivity contribution in [3.63, 3.8) is 0 Å². The molecule has 2 unspecified atom stereocenters. The first-order chi connectivity index (χ1) is 9.11. The lowest BCUT2D eigenvalue weighted by Crippen LogP contribution is -2.45. The summed E-state index contributed by atoms with van der Waals surface area (Å²) in [4.78, 5) is 14.3. The Kier molecular flexibility index (Phi) is 4.56. The van der Waals surface area contributed by atoms with Crippen LogP contribution in [-0.2, 0) is 4.79 Å². The first-order valence-electron chi connectivity index (χ1n) is 6.31. The Hall–Kier alpha value is -1.38. The van der Waals surface area contributed by atoms with Crippen LogP contribution in [0, 0.1) is 11.3 Å². The van der Waals surface area contributed by atoms with Crippen LogP contribution in [0.25, 0.3) is 0 Å². The van der Waals surface area contributed by atoms with E-state index in [9.17, 15) is 4.79 Å². The van der Waals surface area contributed by atoms with Gasteiger partial charge in [-0.2, -0.15) is 5.26 Å². The summed E-state index contributed by atoms with van der Waals surface area (Å²) in [7, 11) is 0. The number of hydrogen-bond acceptors (Lipinski definition) is 3. The molecule has 19 heavy (non-hydrogen) atoms. The largest absolute Gasteiger partial charge is 0.311 e. The maximum absolute atomic E-state index is 12.5. The number of nitriles is 1. The number of hydrogen-bond donors (Lipinski definition) is 1. The van der Waals surface area contributed by atoms with Crippen LogP contribution < -0.4 is 10.2 Å². The zero-order valence-corrected chi connectivity index (χ0v) is 12.4. The number of nitrogens with zero attached hydrogens (tertiary/aromatic N) is 2. The van der Waals surface area contributed by atoms with E-state index in [2.05, 4.69) is 27.3 Å². The molecule has 1 fully saturated rings. The molecule has 2 rings (SSSR count). The van der Waals surface area contributed by atoms with E-state index in [0.29, 0.717) is 6.54 Å². The first kappa shape index (κ1) is 14.0. The first-order valence-corrected chi connectivity index (χ1v) is 7.11. The Morgan fingerprint density at radius 3 is 3.05 bits per heavy atom. The van der Waals surface area contributed by atoms with Crippen LogP contribution in [0.3, 0.4) is 0 Å². The molecular weight excluding hydrogens is 306 g/mol. The molecular formula is C14H16BrN3O. The fraction of sp³-hybridized carbons (Fsp3) is 0.429. The van der Waals surface area contributed by atoms with Crippen LogP contribution in [0.5, 0.6) is 0 Å². The molecule has 0 saturated carbocycles. The van der Waals surface area contributed by atoms with E-state index >= 15 is 0 Å². The predicted molar refractivity (Wildman–Crippen MR) is 77.7 cm³/mol. The number of benzene rings is 1. The fourth-order valence-electron chi connectivity index (χ4n) is 2.26. The summed E-state index contributed by atoms with van der Waals surface area (Å²) in [5.41, 5.74) is 0.873. The highest BCUT2D eigenvalue weighted by molar-refractivity contribution is 9.10. The lowest BCUT2D eigenvalue weighted by molar-refractivity contribution is -0.120. The molecule has 0 radical (unpaired) electrons. The number of rotatable bonds is 2. The number of halogens is 1. The topological polar surface area (TPSA) is 56.1 Å². The third kappa shape index (κ3) is 3.34. The second-order valence-electron chi connectivity index (χ2n) is 4.74. The summed E-state index contributed by atoms with van der Waals surface area (Å²) in [6.45, 7) is 2.72. The molecule has 1 heterocycles. The van der Waals surface area contributed by atoms with Crippen LogP contribution in [0.4, 0.5) is 5.69 Å². The van der Waals surface area contributed by atoms with Crippen molar-refractivity contribution < 1.29 is 4.79 Å². The Morgan fingerprint density at radius 2 is 2.37 bits per heavy atom. The second-order valence-corrected chi connectivity index (χ2v) is 5.66. The predicted octanol–water partition coefficient (Wildman–Crippen LogP) is 2.45. The molecule has 1 aliphatic heterocycles. The van der Waals surface area contributed by atoms with Crippen molar-refractivity contribution >= 4 is 27.5 Å². The van der Waals surface area contributed by atoms with Crippen molar-refractivity contribution in [3.05, 3.63) is 28.7 Å². The average Bonchev–Trinajstić information content (AvgIpc) is 2.51. The monoisotopic (exact) mass is 321 g/mol. The Morgan fingerprint density at radius 1 is 1.58 bits per heavy atom. The van der Waals surface area contributed by atoms with E-state index in [0.717, 1.165) is 16.6 Å². The number of carbonyl (C=O) groups excluding carboxylic acids is 1. The molecule has 0 aromatic heterocycles. The molecule has 1 amide bonds. The number of amides is 1. The molecule has 1 aromatic carbocycles. The zero-order chi connectivity index (χ0) is 13.8. The SMILES string of the molecule is CC1CCN(c2cccc(Br)c2)C(=O)C(CC#N)N1. The maximum atomic E-state index is 12.5. The number of carbonyl (C=O) groups is 1. The van der Waals surface area contributed by atoms with Gasteiger partial charge in [-0.3, -0.25) is 4.79 Å². The summed E-state index contributed by atoms with van der Waals surface area (Å²) in [6, 6.07) is 9.59. The Labute approximate surface area is 121 Å². The van der Waals surface area contributed by atoms with Crippen molar-refractivity contribution in [1.29, 1.82) is 5.26 Å². The summed E-state index contributed by atoms with van der Waals surface area (Å²) in [5, 5.41) is 12.1. The molecule has 0 spiro atoms. The fourth-order valence-corrected chi connectivity index (χ4v) is 2.64. The number of nitrogens with one attached hydrogen (secondary N) is 1. The van der Waals surface area contributed by atoms with E-state index in [4.69, 9.17) is 5.26 Å². The minimum absolute atomic E-state index is 0.0241. The molecule has 1 aromatic rings. The van der Waals surface area contributed by atoms with E-state index in [1.807, 2.05) is 31.2 Å². The van der Waals surface area contributed by atoms with Crippen LogP contribution in [-0.4, -0.2) is 24.5 Å². The van der Waals surface area contributed by atoms with E-state index in [-0.39, 0.29) is 18.4 Å². The van der Waals surface area contributed by atoms with Gasteiger partial charge in [0.05, 0.1) is 12.5 Å². The van der Waals surface area contributed by atoms with Crippen molar-refractivity contribution in [3.8, 4) is 6.07 Å². The van der Waals surface area contributed by atoms with Gasteiger partial charge in [0.2, 0.25) is 5.91 Å². The van der Waals surface area contributed by atoms with Crippen molar-refractivity contribution in [2.75, 3.05) is 11.4 Å². The summed E-state index contributed by atoms with van der Waals surface area (Å²) >= 11 is 3.42. The molecule has 5 heteroatoms. The van der Waals surface area contributed by atoms with Gasteiger partial charge < -0.3 is 10.2 Å². The average molecular weight is 322 g/mol. The van der Waals surface area contributed by atoms with Gasteiger partial charge in [0.25, 0.3) is 0 Å². The molecule has 0 aliphatic carbocycles. The minimum atomic E-state index is -0.415. The van der Waals surface area contributed by atoms with E-state index < -0.39 is 6.04 Å². The van der Waals surface area contributed by atoms with E-state index in [1.165, 1.54) is 0 Å². The summed E-state index contributed by atoms with van der Waals surface area (Å²) in [6.07, 6.45) is 1.08. The van der Waals surface area contributed by atoms with Gasteiger partial charge >= 0.3 is 0 Å². The highest BCUT2D eigenvalue weighted by atomic mass is 79.9. The normalized spacial score (nSPS) is 23.8. The molecule has 0 bridgehead atoms. The van der Waals surface area contributed by atoms with Crippen molar-refractivity contribution in [2.45, 2.75) is 31.8 Å². The quantitative estimate of drug-likeness (QED) is 0.910. The Balaban J connectivity index is 2.28. The van der Waals surface area contributed by atoms with Crippen LogP contribution in [0.1, 0.15) is 19.8 Å². The van der Waals surface area contributed by atoms with Gasteiger partial charge in [-0.25, -0.2) is 0 Å². The van der Waals surface area contributed by atoms with Gasteiger partial charge in [0.15, 0.2) is 0 Å². The lowest BCUT2D eigenvalue weighted by atomic mass is 10.1. The third-order valence-electron chi connectivity index (χ3n) is 3.25. The van der Waals surface area contributed by atoms with Gasteiger partial charge in [-0.05, 0) is 31.5 Å². The van der Waals surface area contributed by atoms with Gasteiger partial charge in [0, 0.05) is 22.7 Å². The van der Waals surface area contributed by atoms with Gasteiger partial charge in [-0.1, -0.05) is 22.0 Å². The number of anilines is 1. The van der Waals surface area contributed by atoms with Gasteiger partial charge in [-0.15, -0.1) is 0 Å².